The van der Waals surface area contributed by atoms with Crippen LogP contribution >= 0.6 is 11.6 Å². The van der Waals surface area contributed by atoms with Crippen LogP contribution in [0, 0.1) is 0 Å². The van der Waals surface area contributed by atoms with Crippen molar-refractivity contribution in [3.05, 3.63) is 28.8 Å². The number of benzene rings is 1. The zero-order valence-electron chi connectivity index (χ0n) is 9.14. The first-order valence-corrected chi connectivity index (χ1v) is 5.58. The molecule has 0 aromatic heterocycles. The first-order valence-electron chi connectivity index (χ1n) is 5.20. The average Bonchev–Trinajstić information content (AvgIpc) is 2.95. The molecule has 0 heterocycles. The van der Waals surface area contributed by atoms with Gasteiger partial charge in [-0.15, -0.1) is 0 Å². The first kappa shape index (κ1) is 10.8. The molecular weight excluding hydrogens is 210 g/mol. The smallest absolute Gasteiger partial charge is 0.123 e. The molecule has 15 heavy (non-hydrogen) atoms. The number of halogens is 1. The summed E-state index contributed by atoms with van der Waals surface area (Å²) < 4.78 is 5.29. The van der Waals surface area contributed by atoms with Crippen molar-refractivity contribution >= 4 is 11.6 Å². The van der Waals surface area contributed by atoms with Gasteiger partial charge < -0.3 is 10.1 Å². The fourth-order valence-electron chi connectivity index (χ4n) is 1.56. The lowest BCUT2D eigenvalue weighted by Gasteiger charge is -2.14. The average molecular weight is 226 g/mol. The van der Waals surface area contributed by atoms with Crippen LogP contribution in [0.15, 0.2) is 18.2 Å². The second kappa shape index (κ2) is 4.03. The summed E-state index contributed by atoms with van der Waals surface area (Å²) in [6.45, 7) is 3.06. The second-order valence-electron chi connectivity index (χ2n) is 4.37. The second-order valence-corrected chi connectivity index (χ2v) is 4.81. The van der Waals surface area contributed by atoms with Gasteiger partial charge in [-0.25, -0.2) is 0 Å². The summed E-state index contributed by atoms with van der Waals surface area (Å²) in [4.78, 5) is 0. The maximum absolute atomic E-state index is 5.96. The Bertz CT molecular complexity index is 361. The minimum Gasteiger partial charge on any atom is -0.496 e. The Hall–Kier alpha value is -0.730. The Morgan fingerprint density at radius 2 is 2.20 bits per heavy atom. The van der Waals surface area contributed by atoms with Crippen molar-refractivity contribution in [1.29, 1.82) is 0 Å². The van der Waals surface area contributed by atoms with E-state index >= 15 is 0 Å². The van der Waals surface area contributed by atoms with Crippen LogP contribution in [0.4, 0.5) is 0 Å². The van der Waals surface area contributed by atoms with Gasteiger partial charge in [0.15, 0.2) is 0 Å². The number of ether oxygens (including phenoxy) is 1. The summed E-state index contributed by atoms with van der Waals surface area (Å²) in [6, 6.07) is 5.72. The molecule has 1 aliphatic rings. The molecule has 0 unspecified atom stereocenters. The van der Waals surface area contributed by atoms with Gasteiger partial charge in [0.05, 0.1) is 7.11 Å². The molecule has 1 fully saturated rings. The van der Waals surface area contributed by atoms with Gasteiger partial charge in [0.2, 0.25) is 0 Å². The first-order chi connectivity index (χ1) is 7.13. The summed E-state index contributed by atoms with van der Waals surface area (Å²) in [6.07, 6.45) is 2.52. The molecule has 0 radical (unpaired) electrons. The lowest BCUT2D eigenvalue weighted by atomic mass is 10.2. The standard InChI is InChI=1S/C12H16ClNO/c1-12(5-6-12)14-8-9-7-10(13)3-4-11(9)15-2/h3-4,7,14H,5-6,8H2,1-2H3. The van der Waals surface area contributed by atoms with Gasteiger partial charge in [0.25, 0.3) is 0 Å². The molecule has 1 saturated carbocycles. The zero-order valence-corrected chi connectivity index (χ0v) is 9.90. The van der Waals surface area contributed by atoms with E-state index in [9.17, 15) is 0 Å². The lowest BCUT2D eigenvalue weighted by molar-refractivity contribution is 0.405. The van der Waals surface area contributed by atoms with E-state index in [-0.39, 0.29) is 0 Å². The molecule has 1 N–H and O–H groups in total. The molecule has 0 atom stereocenters. The van der Waals surface area contributed by atoms with Crippen molar-refractivity contribution in [3.63, 3.8) is 0 Å². The lowest BCUT2D eigenvalue weighted by Crippen LogP contribution is -2.27. The molecule has 82 valence electrons. The fraction of sp³-hybridized carbons (Fsp3) is 0.500. The van der Waals surface area contributed by atoms with Crippen LogP contribution in [-0.2, 0) is 6.54 Å². The van der Waals surface area contributed by atoms with Crippen LogP contribution in [-0.4, -0.2) is 12.6 Å². The van der Waals surface area contributed by atoms with Crippen LogP contribution in [0.25, 0.3) is 0 Å². The van der Waals surface area contributed by atoms with E-state index in [1.54, 1.807) is 7.11 Å². The maximum atomic E-state index is 5.96. The Morgan fingerprint density at radius 1 is 1.47 bits per heavy atom. The predicted molar refractivity (Wildman–Crippen MR) is 62.5 cm³/mol. The summed E-state index contributed by atoms with van der Waals surface area (Å²) >= 11 is 5.96. The number of methoxy groups -OCH3 is 1. The van der Waals surface area contributed by atoms with E-state index in [0.29, 0.717) is 5.54 Å². The Morgan fingerprint density at radius 3 is 2.80 bits per heavy atom. The predicted octanol–water partition coefficient (Wildman–Crippen LogP) is 2.99. The molecule has 0 amide bonds. The topological polar surface area (TPSA) is 21.3 Å². The van der Waals surface area contributed by atoms with E-state index in [0.717, 1.165) is 22.9 Å². The van der Waals surface area contributed by atoms with Crippen molar-refractivity contribution in [2.24, 2.45) is 0 Å². The van der Waals surface area contributed by atoms with Crippen LogP contribution < -0.4 is 10.1 Å². The van der Waals surface area contributed by atoms with Crippen LogP contribution in [0.5, 0.6) is 5.75 Å². The van der Waals surface area contributed by atoms with Crippen molar-refractivity contribution in [2.45, 2.75) is 31.8 Å². The van der Waals surface area contributed by atoms with E-state index in [2.05, 4.69) is 12.2 Å². The van der Waals surface area contributed by atoms with E-state index < -0.39 is 0 Å². The summed E-state index contributed by atoms with van der Waals surface area (Å²) in [5.74, 6) is 0.899. The third-order valence-corrected chi connectivity index (χ3v) is 3.18. The van der Waals surface area contributed by atoms with Crippen molar-refractivity contribution in [3.8, 4) is 5.75 Å². The molecular formula is C12H16ClNO. The molecule has 1 aromatic carbocycles. The van der Waals surface area contributed by atoms with Gasteiger partial charge in [-0.3, -0.25) is 0 Å². The van der Waals surface area contributed by atoms with E-state index in [1.807, 2.05) is 18.2 Å². The SMILES string of the molecule is COc1ccc(Cl)cc1CNC1(C)CC1. The van der Waals surface area contributed by atoms with Crippen LogP contribution in [0.2, 0.25) is 5.02 Å². The van der Waals surface area contributed by atoms with Gasteiger partial charge in [-0.1, -0.05) is 11.6 Å². The Kier molecular flexibility index (Phi) is 2.89. The molecule has 1 aliphatic carbocycles. The van der Waals surface area contributed by atoms with Gasteiger partial charge in [-0.05, 0) is 38.0 Å². The van der Waals surface area contributed by atoms with Crippen molar-refractivity contribution in [1.82, 2.24) is 5.32 Å². The summed E-state index contributed by atoms with van der Waals surface area (Å²) in [5, 5.41) is 4.27. The van der Waals surface area contributed by atoms with E-state index in [1.165, 1.54) is 12.8 Å². The number of hydrogen-bond acceptors (Lipinski definition) is 2. The third kappa shape index (κ3) is 2.64. The quantitative estimate of drug-likeness (QED) is 0.851. The Balaban J connectivity index is 2.08. The summed E-state index contributed by atoms with van der Waals surface area (Å²) in [5.41, 5.74) is 1.46. The van der Waals surface area contributed by atoms with Crippen molar-refractivity contribution < 1.29 is 4.74 Å². The molecule has 0 spiro atoms. The normalized spacial score (nSPS) is 17.5. The van der Waals surface area contributed by atoms with Crippen LogP contribution in [0.1, 0.15) is 25.3 Å². The molecule has 2 rings (SSSR count). The third-order valence-electron chi connectivity index (χ3n) is 2.95. The van der Waals surface area contributed by atoms with Gasteiger partial charge in [-0.2, -0.15) is 0 Å². The number of hydrogen-bond donors (Lipinski definition) is 1. The van der Waals surface area contributed by atoms with Gasteiger partial charge in [0.1, 0.15) is 5.75 Å². The largest absolute Gasteiger partial charge is 0.496 e. The maximum Gasteiger partial charge on any atom is 0.123 e. The highest BCUT2D eigenvalue weighted by Gasteiger charge is 2.36. The number of nitrogens with one attached hydrogen (secondary N) is 1. The monoisotopic (exact) mass is 225 g/mol. The Labute approximate surface area is 95.6 Å². The van der Waals surface area contributed by atoms with Gasteiger partial charge in [0, 0.05) is 22.7 Å². The number of rotatable bonds is 4. The zero-order chi connectivity index (χ0) is 10.9. The molecule has 2 nitrogen and oxygen atoms in total. The molecule has 0 bridgehead atoms. The molecule has 1 aromatic rings. The minimum absolute atomic E-state index is 0.341. The fourth-order valence-corrected chi connectivity index (χ4v) is 1.75. The molecule has 0 saturated heterocycles. The van der Waals surface area contributed by atoms with Gasteiger partial charge >= 0.3 is 0 Å². The highest BCUT2D eigenvalue weighted by molar-refractivity contribution is 6.30. The molecule has 0 aliphatic heterocycles. The summed E-state index contributed by atoms with van der Waals surface area (Å²) in [7, 11) is 1.69. The highest BCUT2D eigenvalue weighted by Crippen LogP contribution is 2.35. The highest BCUT2D eigenvalue weighted by atomic mass is 35.5. The van der Waals surface area contributed by atoms with E-state index in [4.69, 9.17) is 16.3 Å². The van der Waals surface area contributed by atoms with Crippen LogP contribution in [0.3, 0.4) is 0 Å². The molecule has 3 heteroatoms. The van der Waals surface area contributed by atoms with Crippen molar-refractivity contribution in [2.75, 3.05) is 7.11 Å². The minimum atomic E-state index is 0.341.